The highest BCUT2D eigenvalue weighted by Crippen LogP contribution is 2.06. The monoisotopic (exact) mass is 276 g/mol. The van der Waals surface area contributed by atoms with Crippen LogP contribution in [0, 0.1) is 0 Å². The Morgan fingerprint density at radius 3 is 2.42 bits per heavy atom. The van der Waals surface area contributed by atoms with E-state index in [2.05, 4.69) is 10.6 Å². The van der Waals surface area contributed by atoms with Crippen molar-refractivity contribution in [1.29, 1.82) is 0 Å². The van der Waals surface area contributed by atoms with E-state index in [4.69, 9.17) is 14.2 Å². The average Bonchev–Trinajstić information content (AvgIpc) is 2.29. The molecule has 0 rings (SSSR count). The number of methoxy groups -OCH3 is 1. The third kappa shape index (κ3) is 15.1. The molecule has 0 aliphatic rings. The summed E-state index contributed by atoms with van der Waals surface area (Å²) in [6, 6.07) is 0. The highest BCUT2D eigenvalue weighted by Gasteiger charge is 2.15. The van der Waals surface area contributed by atoms with Gasteiger partial charge in [0, 0.05) is 20.2 Å². The van der Waals surface area contributed by atoms with E-state index in [0.717, 1.165) is 19.5 Å². The Morgan fingerprint density at radius 1 is 1.05 bits per heavy atom. The first kappa shape index (κ1) is 18.1. The summed E-state index contributed by atoms with van der Waals surface area (Å²) < 4.78 is 15.3. The summed E-state index contributed by atoms with van der Waals surface area (Å²) in [6.07, 6.45) is 0.493. The Balaban J connectivity index is 3.21. The van der Waals surface area contributed by atoms with Gasteiger partial charge >= 0.3 is 6.09 Å². The maximum Gasteiger partial charge on any atom is 0.407 e. The van der Waals surface area contributed by atoms with Crippen molar-refractivity contribution < 1.29 is 19.0 Å². The molecule has 0 heterocycles. The molecular formula is C13H28N2O4. The number of carbonyl (C=O) groups excluding carboxylic acids is 1. The minimum absolute atomic E-state index is 0.365. The molecule has 0 saturated heterocycles. The molecule has 0 aliphatic heterocycles. The molecule has 0 atom stereocenters. The van der Waals surface area contributed by atoms with Crippen LogP contribution in [0.1, 0.15) is 27.2 Å². The molecular weight excluding hydrogens is 248 g/mol. The quantitative estimate of drug-likeness (QED) is 0.586. The zero-order chi connectivity index (χ0) is 14.6. The van der Waals surface area contributed by atoms with Gasteiger partial charge in [0.2, 0.25) is 0 Å². The lowest BCUT2D eigenvalue weighted by Crippen LogP contribution is -2.34. The second-order valence-electron chi connectivity index (χ2n) is 5.14. The highest BCUT2D eigenvalue weighted by molar-refractivity contribution is 5.67. The Labute approximate surface area is 116 Å². The summed E-state index contributed by atoms with van der Waals surface area (Å²) in [5.74, 6) is 0. The Kier molecular flexibility index (Phi) is 10.5. The van der Waals surface area contributed by atoms with Gasteiger partial charge in [0.25, 0.3) is 0 Å². The SMILES string of the molecule is COCCOCCNCCCNC(=O)OC(C)(C)C. The first-order valence-electron chi connectivity index (χ1n) is 6.70. The maximum absolute atomic E-state index is 11.3. The van der Waals surface area contributed by atoms with E-state index >= 15 is 0 Å². The number of hydrogen-bond donors (Lipinski definition) is 2. The van der Waals surface area contributed by atoms with Crippen LogP contribution >= 0.6 is 0 Å². The van der Waals surface area contributed by atoms with Gasteiger partial charge in [-0.1, -0.05) is 0 Å². The predicted octanol–water partition coefficient (Wildman–Crippen LogP) is 1.15. The first-order chi connectivity index (χ1) is 8.95. The van der Waals surface area contributed by atoms with Crippen LogP contribution in [0.4, 0.5) is 4.79 Å². The summed E-state index contributed by atoms with van der Waals surface area (Å²) in [6.45, 7) is 9.69. The van der Waals surface area contributed by atoms with Crippen molar-refractivity contribution in [2.75, 3.05) is 46.6 Å². The lowest BCUT2D eigenvalue weighted by molar-refractivity contribution is 0.0527. The minimum Gasteiger partial charge on any atom is -0.444 e. The van der Waals surface area contributed by atoms with Crippen LogP contribution in [-0.2, 0) is 14.2 Å². The van der Waals surface area contributed by atoms with E-state index in [1.165, 1.54) is 0 Å². The van der Waals surface area contributed by atoms with Crippen LogP contribution in [0.25, 0.3) is 0 Å². The zero-order valence-corrected chi connectivity index (χ0v) is 12.6. The minimum atomic E-state index is -0.443. The Morgan fingerprint density at radius 2 is 1.79 bits per heavy atom. The summed E-state index contributed by atoms with van der Waals surface area (Å²) in [5, 5.41) is 5.94. The normalized spacial score (nSPS) is 11.4. The second-order valence-corrected chi connectivity index (χ2v) is 5.14. The molecule has 6 heteroatoms. The molecule has 0 bridgehead atoms. The molecule has 0 aromatic rings. The predicted molar refractivity (Wildman–Crippen MR) is 74.4 cm³/mol. The van der Waals surface area contributed by atoms with E-state index in [1.54, 1.807) is 7.11 Å². The molecule has 0 unspecified atom stereocenters. The topological polar surface area (TPSA) is 68.8 Å². The van der Waals surface area contributed by atoms with Gasteiger partial charge in [0.05, 0.1) is 19.8 Å². The lowest BCUT2D eigenvalue weighted by atomic mass is 10.2. The van der Waals surface area contributed by atoms with E-state index in [-0.39, 0.29) is 6.09 Å². The smallest absolute Gasteiger partial charge is 0.407 e. The number of carbonyl (C=O) groups is 1. The van der Waals surface area contributed by atoms with Crippen LogP contribution in [0.2, 0.25) is 0 Å². The van der Waals surface area contributed by atoms with E-state index in [1.807, 2.05) is 20.8 Å². The molecule has 19 heavy (non-hydrogen) atoms. The van der Waals surface area contributed by atoms with Crippen LogP contribution in [0.3, 0.4) is 0 Å². The second kappa shape index (κ2) is 11.0. The van der Waals surface area contributed by atoms with E-state index in [0.29, 0.717) is 26.4 Å². The Bertz CT molecular complexity index is 229. The van der Waals surface area contributed by atoms with Crippen molar-refractivity contribution >= 4 is 6.09 Å². The molecule has 0 aromatic heterocycles. The van der Waals surface area contributed by atoms with E-state index < -0.39 is 5.60 Å². The van der Waals surface area contributed by atoms with Crippen molar-refractivity contribution in [1.82, 2.24) is 10.6 Å². The zero-order valence-electron chi connectivity index (χ0n) is 12.6. The van der Waals surface area contributed by atoms with Gasteiger partial charge < -0.3 is 24.8 Å². The van der Waals surface area contributed by atoms with Crippen molar-refractivity contribution in [3.63, 3.8) is 0 Å². The van der Waals surface area contributed by atoms with Crippen molar-refractivity contribution in [3.8, 4) is 0 Å². The maximum atomic E-state index is 11.3. The van der Waals surface area contributed by atoms with Crippen LogP contribution < -0.4 is 10.6 Å². The molecule has 0 fully saturated rings. The summed E-state index contributed by atoms with van der Waals surface area (Å²) in [4.78, 5) is 11.3. The summed E-state index contributed by atoms with van der Waals surface area (Å²) in [5.41, 5.74) is -0.443. The number of ether oxygens (including phenoxy) is 3. The summed E-state index contributed by atoms with van der Waals surface area (Å²) in [7, 11) is 1.65. The van der Waals surface area contributed by atoms with Gasteiger partial charge in [-0.15, -0.1) is 0 Å². The van der Waals surface area contributed by atoms with Gasteiger partial charge in [-0.05, 0) is 33.7 Å². The van der Waals surface area contributed by atoms with Gasteiger partial charge in [0.15, 0.2) is 0 Å². The van der Waals surface area contributed by atoms with Crippen molar-refractivity contribution in [2.45, 2.75) is 32.8 Å². The summed E-state index contributed by atoms with van der Waals surface area (Å²) >= 11 is 0. The average molecular weight is 276 g/mol. The molecule has 114 valence electrons. The third-order valence-corrected chi connectivity index (χ3v) is 2.05. The van der Waals surface area contributed by atoms with E-state index in [9.17, 15) is 4.79 Å². The number of rotatable bonds is 10. The van der Waals surface area contributed by atoms with Crippen LogP contribution in [0.15, 0.2) is 0 Å². The lowest BCUT2D eigenvalue weighted by Gasteiger charge is -2.19. The highest BCUT2D eigenvalue weighted by atomic mass is 16.6. The van der Waals surface area contributed by atoms with Crippen molar-refractivity contribution in [2.24, 2.45) is 0 Å². The standard InChI is InChI=1S/C13H28N2O4/c1-13(2,3)19-12(16)15-7-5-6-14-8-9-18-11-10-17-4/h14H,5-11H2,1-4H3,(H,15,16). The number of hydrogen-bond acceptors (Lipinski definition) is 5. The fraction of sp³-hybridized carbons (Fsp3) is 0.923. The molecule has 0 saturated carbocycles. The van der Waals surface area contributed by atoms with Gasteiger partial charge in [-0.25, -0.2) is 4.79 Å². The van der Waals surface area contributed by atoms with Gasteiger partial charge in [-0.3, -0.25) is 0 Å². The molecule has 0 aromatic carbocycles. The fourth-order valence-electron chi connectivity index (χ4n) is 1.23. The van der Waals surface area contributed by atoms with Crippen LogP contribution in [-0.4, -0.2) is 58.3 Å². The number of amides is 1. The first-order valence-corrected chi connectivity index (χ1v) is 6.70. The molecule has 0 spiro atoms. The number of alkyl carbamates (subject to hydrolysis) is 1. The fourth-order valence-corrected chi connectivity index (χ4v) is 1.23. The van der Waals surface area contributed by atoms with Gasteiger partial charge in [-0.2, -0.15) is 0 Å². The van der Waals surface area contributed by atoms with Gasteiger partial charge in [0.1, 0.15) is 5.60 Å². The number of nitrogens with one attached hydrogen (secondary N) is 2. The molecule has 6 nitrogen and oxygen atoms in total. The molecule has 2 N–H and O–H groups in total. The third-order valence-electron chi connectivity index (χ3n) is 2.05. The molecule has 0 aliphatic carbocycles. The largest absolute Gasteiger partial charge is 0.444 e. The van der Waals surface area contributed by atoms with Crippen LogP contribution in [0.5, 0.6) is 0 Å². The molecule has 0 radical (unpaired) electrons. The Hall–Kier alpha value is -0.850. The van der Waals surface area contributed by atoms with Crippen molar-refractivity contribution in [3.05, 3.63) is 0 Å². The molecule has 1 amide bonds.